The first-order valence-corrected chi connectivity index (χ1v) is 13.5. The van der Waals surface area contributed by atoms with Gasteiger partial charge in [-0.2, -0.15) is 0 Å². The number of carbonyl (C=O) groups excluding carboxylic acids is 1. The molecule has 3 saturated heterocycles. The van der Waals surface area contributed by atoms with Crippen LogP contribution in [0.4, 0.5) is 5.69 Å². The number of piperidine rings is 1. The van der Waals surface area contributed by atoms with E-state index in [1.54, 1.807) is 11.3 Å². The Morgan fingerprint density at radius 2 is 1.66 bits per heavy atom. The van der Waals surface area contributed by atoms with Crippen LogP contribution in [0.15, 0.2) is 60.0 Å². The van der Waals surface area contributed by atoms with Crippen molar-refractivity contribution in [1.82, 2.24) is 10.2 Å². The van der Waals surface area contributed by atoms with Crippen molar-refractivity contribution in [2.45, 2.75) is 37.0 Å². The summed E-state index contributed by atoms with van der Waals surface area (Å²) in [6.07, 6.45) is 4.71. The number of thiophene rings is 1. The van der Waals surface area contributed by atoms with E-state index in [0.717, 1.165) is 51.0 Å². The average molecular weight is 544 g/mol. The van der Waals surface area contributed by atoms with E-state index in [9.17, 15) is 14.4 Å². The van der Waals surface area contributed by atoms with E-state index in [2.05, 4.69) is 44.8 Å². The second-order valence-corrected chi connectivity index (χ2v) is 10.3. The summed E-state index contributed by atoms with van der Waals surface area (Å²) in [7, 11) is 0. The zero-order valence-corrected chi connectivity index (χ0v) is 21.9. The van der Waals surface area contributed by atoms with Gasteiger partial charge in [0.1, 0.15) is 5.54 Å². The van der Waals surface area contributed by atoms with Crippen LogP contribution in [0.2, 0.25) is 0 Å². The summed E-state index contributed by atoms with van der Waals surface area (Å²) in [5, 5.41) is 20.8. The van der Waals surface area contributed by atoms with Gasteiger partial charge in [0.05, 0.1) is 24.8 Å². The quantitative estimate of drug-likeness (QED) is 0.431. The maximum absolute atomic E-state index is 12.8. The van der Waals surface area contributed by atoms with Crippen LogP contribution in [0.25, 0.3) is 0 Å². The zero-order chi connectivity index (χ0) is 27.0. The summed E-state index contributed by atoms with van der Waals surface area (Å²) < 4.78 is 12.1. The third-order valence-corrected chi connectivity index (χ3v) is 8.08. The minimum Gasteiger partial charge on any atom is -0.478 e. The van der Waals surface area contributed by atoms with Gasteiger partial charge in [-0.05, 0) is 49.4 Å². The molecule has 38 heavy (non-hydrogen) atoms. The van der Waals surface area contributed by atoms with Crippen LogP contribution in [0, 0.1) is 0 Å². The highest BCUT2D eigenvalue weighted by Gasteiger charge is 2.50. The molecule has 2 aromatic rings. The van der Waals surface area contributed by atoms with Gasteiger partial charge in [0.2, 0.25) is 11.7 Å². The first-order valence-electron chi connectivity index (χ1n) is 12.6. The topological polar surface area (TPSA) is 129 Å². The first-order chi connectivity index (χ1) is 18.3. The number of amides is 1. The lowest BCUT2D eigenvalue weighted by molar-refractivity contribution is -0.169. The van der Waals surface area contributed by atoms with Crippen LogP contribution in [0.3, 0.4) is 0 Å². The Bertz CT molecular complexity index is 1090. The zero-order valence-electron chi connectivity index (χ0n) is 21.1. The molecule has 0 atom stereocenters. The maximum atomic E-state index is 12.8. The van der Waals surface area contributed by atoms with E-state index in [-0.39, 0.29) is 5.91 Å². The molecule has 0 bridgehead atoms. The molecule has 204 valence electrons. The number of aliphatic carboxylic acids is 2. The molecule has 3 fully saturated rings. The van der Waals surface area contributed by atoms with Gasteiger partial charge in [-0.3, -0.25) is 4.79 Å². The lowest BCUT2D eigenvalue weighted by atomic mass is 9.85. The first kappa shape index (κ1) is 27.8. The molecule has 0 unspecified atom stereocenters. The maximum Gasteiger partial charge on any atom is 0.328 e. The molecule has 1 amide bonds. The number of carbonyl (C=O) groups is 3. The molecule has 1 spiro atoms. The average Bonchev–Trinajstić information content (AvgIpc) is 3.68. The van der Waals surface area contributed by atoms with E-state index < -0.39 is 23.3 Å². The van der Waals surface area contributed by atoms with Crippen molar-refractivity contribution in [2.24, 2.45) is 0 Å². The molecule has 3 aliphatic rings. The van der Waals surface area contributed by atoms with Gasteiger partial charge >= 0.3 is 11.9 Å². The molecular formula is C27H33N3O7S. The normalized spacial score (nSPS) is 20.3. The van der Waals surface area contributed by atoms with Gasteiger partial charge in [-0.25, -0.2) is 9.59 Å². The van der Waals surface area contributed by atoms with Crippen molar-refractivity contribution in [3.05, 3.63) is 64.9 Å². The molecule has 4 heterocycles. The Labute approximate surface area is 225 Å². The summed E-state index contributed by atoms with van der Waals surface area (Å²) in [6.45, 7) is 4.79. The summed E-state index contributed by atoms with van der Waals surface area (Å²) >= 11 is 1.70. The van der Waals surface area contributed by atoms with Gasteiger partial charge in [0.25, 0.3) is 0 Å². The Kier molecular flexibility index (Phi) is 9.16. The van der Waals surface area contributed by atoms with Crippen LogP contribution in [0.5, 0.6) is 0 Å². The Morgan fingerprint density at radius 1 is 1.00 bits per heavy atom. The Balaban J connectivity index is 0.000000368. The molecule has 11 heteroatoms. The van der Waals surface area contributed by atoms with Gasteiger partial charge in [-0.15, -0.1) is 11.3 Å². The third kappa shape index (κ3) is 6.41. The highest BCUT2D eigenvalue weighted by Crippen LogP contribution is 2.39. The fraction of sp³-hybridized carbons (Fsp3) is 0.444. The Hall–Kier alpha value is -3.25. The molecular weight excluding hydrogens is 510 g/mol. The monoisotopic (exact) mass is 543 g/mol. The molecule has 3 aliphatic heterocycles. The lowest BCUT2D eigenvalue weighted by Gasteiger charge is -2.43. The van der Waals surface area contributed by atoms with Gasteiger partial charge in [0.15, 0.2) is 0 Å². The molecule has 10 nitrogen and oxygen atoms in total. The smallest absolute Gasteiger partial charge is 0.328 e. The third-order valence-electron chi connectivity index (χ3n) is 7.09. The van der Waals surface area contributed by atoms with Crippen molar-refractivity contribution in [2.75, 3.05) is 44.4 Å². The number of nitrogens with zero attached hydrogens (tertiary/aromatic N) is 2. The van der Waals surface area contributed by atoms with Gasteiger partial charge in [0, 0.05) is 37.3 Å². The Morgan fingerprint density at radius 3 is 2.24 bits per heavy atom. The second-order valence-electron chi connectivity index (χ2n) is 9.34. The van der Waals surface area contributed by atoms with E-state index in [0.29, 0.717) is 32.0 Å². The number of rotatable bonds is 8. The van der Waals surface area contributed by atoms with Crippen LogP contribution in [0.1, 0.15) is 30.6 Å². The number of likely N-dealkylation sites (tertiary alicyclic amines) is 1. The standard InChI is InChI=1S/C23H29N3O3S.C4H4O4/c27-21-22(26(18-24-21)19-6-2-1-3-7-19)10-13-25(14-11-22)12-5-9-23(28-15-16-29-23)20-8-4-17-30-20;5-3(6)1-2-4(7)8/h1-4,6-8,17H,5,9-16,18H2,(H,24,27);1-2H,(H,5,6)(H,7,8)/b;2-1+. The SMILES string of the molecule is O=C(O)/C=C/C(=O)O.O=C1NCN(c2ccccc2)C12CCN(CCCC1(c3cccs3)OCCO1)CC2. The molecule has 0 saturated carbocycles. The number of carboxylic acid groups (broad SMARTS) is 2. The van der Waals surface area contributed by atoms with E-state index in [1.807, 2.05) is 18.2 Å². The molecule has 0 radical (unpaired) electrons. The fourth-order valence-electron chi connectivity index (χ4n) is 5.22. The summed E-state index contributed by atoms with van der Waals surface area (Å²) in [5.41, 5.74) is 0.714. The number of ether oxygens (including phenoxy) is 2. The van der Waals surface area contributed by atoms with Crippen LogP contribution >= 0.6 is 11.3 Å². The molecule has 1 aromatic heterocycles. The molecule has 0 aliphatic carbocycles. The molecule has 5 rings (SSSR count). The second kappa shape index (κ2) is 12.5. The molecule has 3 N–H and O–H groups in total. The van der Waals surface area contributed by atoms with Gasteiger partial charge < -0.3 is 34.8 Å². The number of carboxylic acids is 2. The van der Waals surface area contributed by atoms with Crippen molar-refractivity contribution in [3.8, 4) is 0 Å². The number of hydrogen-bond acceptors (Lipinski definition) is 8. The van der Waals surface area contributed by atoms with E-state index in [4.69, 9.17) is 19.7 Å². The number of hydrogen-bond donors (Lipinski definition) is 3. The number of anilines is 1. The van der Waals surface area contributed by atoms with Crippen LogP contribution in [-0.2, 0) is 29.6 Å². The van der Waals surface area contributed by atoms with E-state index in [1.165, 1.54) is 4.88 Å². The van der Waals surface area contributed by atoms with Gasteiger partial charge in [-0.1, -0.05) is 24.3 Å². The van der Waals surface area contributed by atoms with Crippen molar-refractivity contribution >= 4 is 34.9 Å². The summed E-state index contributed by atoms with van der Waals surface area (Å²) in [4.78, 5) is 37.8. The minimum atomic E-state index is -1.26. The highest BCUT2D eigenvalue weighted by molar-refractivity contribution is 7.10. The lowest BCUT2D eigenvalue weighted by Crippen LogP contribution is -2.56. The predicted octanol–water partition coefficient (Wildman–Crippen LogP) is 2.87. The summed E-state index contributed by atoms with van der Waals surface area (Å²) in [5.74, 6) is -2.89. The number of benzene rings is 1. The van der Waals surface area contributed by atoms with E-state index >= 15 is 0 Å². The number of para-hydroxylation sites is 1. The number of nitrogens with one attached hydrogen (secondary N) is 1. The largest absolute Gasteiger partial charge is 0.478 e. The van der Waals surface area contributed by atoms with Crippen molar-refractivity contribution in [1.29, 1.82) is 0 Å². The summed E-state index contributed by atoms with van der Waals surface area (Å²) in [6, 6.07) is 14.5. The molecule has 1 aromatic carbocycles. The van der Waals surface area contributed by atoms with Crippen LogP contribution in [-0.4, -0.2) is 78.0 Å². The van der Waals surface area contributed by atoms with Crippen molar-refractivity contribution in [3.63, 3.8) is 0 Å². The fourth-order valence-corrected chi connectivity index (χ4v) is 6.08. The highest BCUT2D eigenvalue weighted by atomic mass is 32.1. The van der Waals surface area contributed by atoms with Crippen LogP contribution < -0.4 is 10.2 Å². The minimum absolute atomic E-state index is 0.176. The predicted molar refractivity (Wildman–Crippen MR) is 142 cm³/mol. The van der Waals surface area contributed by atoms with Crippen molar-refractivity contribution < 1.29 is 34.1 Å².